The van der Waals surface area contributed by atoms with Crippen LogP contribution < -0.4 is 11.1 Å². The molecule has 1 unspecified atom stereocenters. The van der Waals surface area contributed by atoms with Gasteiger partial charge in [-0.15, -0.1) is 5.10 Å². The summed E-state index contributed by atoms with van der Waals surface area (Å²) in [5.74, 6) is 1.57. The van der Waals surface area contributed by atoms with Crippen LogP contribution in [0.3, 0.4) is 0 Å². The minimum absolute atomic E-state index is 0.194. The van der Waals surface area contributed by atoms with Gasteiger partial charge >= 0.3 is 6.61 Å². The van der Waals surface area contributed by atoms with Gasteiger partial charge in [-0.25, -0.2) is 4.98 Å². The molecule has 4 heterocycles. The largest absolute Gasteiger partial charge is 0.404 e. The van der Waals surface area contributed by atoms with Crippen LogP contribution in [0.25, 0.3) is 16.6 Å². The number of likely N-dealkylation sites (tertiary alicyclic amines) is 1. The topological polar surface area (TPSA) is 124 Å². The second-order valence-electron chi connectivity index (χ2n) is 9.32. The predicted octanol–water partition coefficient (Wildman–Crippen LogP) is 3.60. The fourth-order valence-corrected chi connectivity index (χ4v) is 4.00. The Labute approximate surface area is 220 Å². The highest BCUT2D eigenvalue weighted by atomic mass is 19.3. The summed E-state index contributed by atoms with van der Waals surface area (Å²) in [6.45, 7) is 3.30. The molecule has 3 N–H and O–H groups in total. The number of fused-ring (bicyclic) bond motifs is 1. The van der Waals surface area contributed by atoms with E-state index >= 15 is 0 Å². The first-order valence-corrected chi connectivity index (χ1v) is 12.3. The molecular formula is C26H32F2N8O2. The van der Waals surface area contributed by atoms with Crippen LogP contribution in [0.2, 0.25) is 0 Å². The van der Waals surface area contributed by atoms with Crippen molar-refractivity contribution in [2.75, 3.05) is 38.6 Å². The van der Waals surface area contributed by atoms with Gasteiger partial charge in [-0.3, -0.25) is 14.9 Å². The van der Waals surface area contributed by atoms with E-state index in [9.17, 15) is 8.78 Å². The van der Waals surface area contributed by atoms with Crippen molar-refractivity contribution in [2.45, 2.75) is 38.6 Å². The zero-order valence-electron chi connectivity index (χ0n) is 21.6. The van der Waals surface area contributed by atoms with Gasteiger partial charge in [0.05, 0.1) is 36.0 Å². The van der Waals surface area contributed by atoms with E-state index in [-0.39, 0.29) is 6.10 Å². The SMILES string of the molecule is COC(CN=CC(=CN)c1cnc2ccc(Nc3cc(C(C)C)cnn3)nc2c1)CN1CC(OC(F)F)C1. The monoisotopic (exact) mass is 526 g/mol. The molecule has 0 amide bonds. The van der Waals surface area contributed by atoms with Crippen molar-refractivity contribution in [2.24, 2.45) is 10.7 Å². The number of halogens is 2. The van der Waals surface area contributed by atoms with Gasteiger partial charge in [-0.05, 0) is 35.7 Å². The number of ether oxygens (including phenoxy) is 2. The number of anilines is 2. The normalized spacial score (nSPS) is 16.0. The van der Waals surface area contributed by atoms with Crippen molar-refractivity contribution < 1.29 is 18.3 Å². The molecule has 1 saturated heterocycles. The van der Waals surface area contributed by atoms with Crippen molar-refractivity contribution in [3.05, 3.63) is 54.0 Å². The molecule has 10 nitrogen and oxygen atoms in total. The number of hydrogen-bond donors (Lipinski definition) is 2. The predicted molar refractivity (Wildman–Crippen MR) is 143 cm³/mol. The number of alkyl halides is 2. The first kappa shape index (κ1) is 27.4. The summed E-state index contributed by atoms with van der Waals surface area (Å²) >= 11 is 0. The Bertz CT molecular complexity index is 1280. The van der Waals surface area contributed by atoms with Crippen LogP contribution in [-0.4, -0.2) is 83.4 Å². The molecule has 0 aromatic carbocycles. The third-order valence-corrected chi connectivity index (χ3v) is 6.20. The van der Waals surface area contributed by atoms with Gasteiger partial charge in [-0.2, -0.15) is 13.9 Å². The van der Waals surface area contributed by atoms with E-state index in [1.165, 1.54) is 6.20 Å². The average molecular weight is 527 g/mol. The highest BCUT2D eigenvalue weighted by molar-refractivity contribution is 6.10. The minimum Gasteiger partial charge on any atom is -0.404 e. The van der Waals surface area contributed by atoms with Crippen LogP contribution >= 0.6 is 0 Å². The summed E-state index contributed by atoms with van der Waals surface area (Å²) in [5.41, 5.74) is 9.83. The van der Waals surface area contributed by atoms with Crippen molar-refractivity contribution in [1.29, 1.82) is 0 Å². The van der Waals surface area contributed by atoms with E-state index in [4.69, 9.17) is 10.5 Å². The van der Waals surface area contributed by atoms with Crippen LogP contribution in [0, 0.1) is 0 Å². The maximum atomic E-state index is 12.3. The van der Waals surface area contributed by atoms with Crippen LogP contribution in [0.1, 0.15) is 30.9 Å². The molecule has 12 heteroatoms. The highest BCUT2D eigenvalue weighted by Crippen LogP contribution is 2.22. The lowest BCUT2D eigenvalue weighted by Gasteiger charge is -2.39. The standard InChI is InChI=1S/C26H32F2N8O2/c1-16(2)17-7-25(35-32-11-17)34-24-5-4-22-23(33-24)6-18(10-31-22)19(8-29)9-30-12-20(37-3)13-36-14-21(15-36)38-26(27)28/h4-11,16,20-21,26H,12-15,29H2,1-3H3,(H,33,34,35). The van der Waals surface area contributed by atoms with E-state index in [1.54, 1.807) is 25.7 Å². The van der Waals surface area contributed by atoms with Gasteiger partial charge in [0, 0.05) is 56.5 Å². The summed E-state index contributed by atoms with van der Waals surface area (Å²) in [5, 5.41) is 11.4. The van der Waals surface area contributed by atoms with Crippen LogP contribution in [0.5, 0.6) is 0 Å². The number of nitrogens with zero attached hydrogens (tertiary/aromatic N) is 6. The number of pyridine rings is 2. The second-order valence-corrected chi connectivity index (χ2v) is 9.32. The smallest absolute Gasteiger partial charge is 0.345 e. The van der Waals surface area contributed by atoms with Gasteiger partial charge in [0.25, 0.3) is 0 Å². The Hall–Kier alpha value is -3.61. The Morgan fingerprint density at radius 1 is 1.21 bits per heavy atom. The number of allylic oxidation sites excluding steroid dienone is 1. The quantitative estimate of drug-likeness (QED) is 0.341. The summed E-state index contributed by atoms with van der Waals surface area (Å²) in [6, 6.07) is 7.56. The molecule has 202 valence electrons. The van der Waals surface area contributed by atoms with E-state index < -0.39 is 12.7 Å². The molecule has 0 spiro atoms. The maximum Gasteiger partial charge on any atom is 0.345 e. The number of methoxy groups -OCH3 is 1. The number of aromatic nitrogens is 4. The minimum atomic E-state index is -2.75. The maximum absolute atomic E-state index is 12.3. The molecule has 0 aliphatic carbocycles. The summed E-state index contributed by atoms with van der Waals surface area (Å²) in [4.78, 5) is 15.7. The molecule has 3 aromatic rings. The number of rotatable bonds is 12. The van der Waals surface area contributed by atoms with Crippen molar-refractivity contribution >= 4 is 34.5 Å². The molecule has 1 aliphatic heterocycles. The van der Waals surface area contributed by atoms with E-state index in [2.05, 4.69) is 49.1 Å². The Morgan fingerprint density at radius 2 is 2.03 bits per heavy atom. The zero-order valence-corrected chi connectivity index (χ0v) is 21.6. The molecule has 0 saturated carbocycles. The van der Waals surface area contributed by atoms with Gasteiger partial charge in [-0.1, -0.05) is 13.8 Å². The van der Waals surface area contributed by atoms with Crippen molar-refractivity contribution in [3.63, 3.8) is 0 Å². The molecule has 0 bridgehead atoms. The first-order valence-electron chi connectivity index (χ1n) is 12.3. The first-order chi connectivity index (χ1) is 18.3. The molecule has 1 fully saturated rings. The zero-order chi connectivity index (χ0) is 27.1. The number of nitrogens with two attached hydrogens (primary N) is 1. The molecule has 1 atom stereocenters. The molecule has 38 heavy (non-hydrogen) atoms. The third-order valence-electron chi connectivity index (χ3n) is 6.20. The molecule has 4 rings (SSSR count). The van der Waals surface area contributed by atoms with E-state index in [0.717, 1.165) is 16.6 Å². The summed E-state index contributed by atoms with van der Waals surface area (Å²) < 4.78 is 34.6. The van der Waals surface area contributed by atoms with Gasteiger partial charge in [0.2, 0.25) is 0 Å². The van der Waals surface area contributed by atoms with E-state index in [0.29, 0.717) is 54.8 Å². The Balaban J connectivity index is 1.39. The van der Waals surface area contributed by atoms with Crippen molar-refractivity contribution in [3.8, 4) is 0 Å². The van der Waals surface area contributed by atoms with Crippen LogP contribution in [0.15, 0.2) is 47.9 Å². The average Bonchev–Trinajstić information content (AvgIpc) is 2.88. The highest BCUT2D eigenvalue weighted by Gasteiger charge is 2.31. The van der Waals surface area contributed by atoms with Gasteiger partial charge < -0.3 is 20.5 Å². The summed E-state index contributed by atoms with van der Waals surface area (Å²) in [6.07, 6.45) is 5.97. The number of aliphatic imine (C=N–C) groups is 1. The van der Waals surface area contributed by atoms with Crippen LogP contribution in [-0.2, 0) is 9.47 Å². The molecule has 3 aromatic heterocycles. The molecule has 0 radical (unpaired) electrons. The van der Waals surface area contributed by atoms with Crippen molar-refractivity contribution in [1.82, 2.24) is 25.1 Å². The lowest BCUT2D eigenvalue weighted by atomic mass is 10.1. The number of hydrogen-bond acceptors (Lipinski definition) is 10. The molecular weight excluding hydrogens is 494 g/mol. The fourth-order valence-electron chi connectivity index (χ4n) is 4.00. The Morgan fingerprint density at radius 3 is 2.74 bits per heavy atom. The fraction of sp³-hybridized carbons (Fsp3) is 0.423. The van der Waals surface area contributed by atoms with Gasteiger partial charge in [0.15, 0.2) is 5.82 Å². The van der Waals surface area contributed by atoms with E-state index in [1.807, 2.05) is 29.2 Å². The summed E-state index contributed by atoms with van der Waals surface area (Å²) in [7, 11) is 1.60. The van der Waals surface area contributed by atoms with Gasteiger partial charge in [0.1, 0.15) is 5.82 Å². The lowest BCUT2D eigenvalue weighted by molar-refractivity contribution is -0.198. The molecule has 1 aliphatic rings. The third kappa shape index (κ3) is 7.24. The Kier molecular flexibility index (Phi) is 9.21. The lowest BCUT2D eigenvalue weighted by Crippen LogP contribution is -2.55. The number of nitrogens with one attached hydrogen (secondary N) is 1. The second kappa shape index (κ2) is 12.8. The van der Waals surface area contributed by atoms with Crippen LogP contribution in [0.4, 0.5) is 20.4 Å².